The lowest BCUT2D eigenvalue weighted by molar-refractivity contribution is -0.110. The molecular formula is C14H20N2O4S. The zero-order valence-corrected chi connectivity index (χ0v) is 13.1. The second-order valence-corrected chi connectivity index (χ2v) is 8.00. The van der Waals surface area contributed by atoms with Crippen molar-refractivity contribution in [2.24, 2.45) is 5.92 Å². The van der Waals surface area contributed by atoms with E-state index in [9.17, 15) is 18.3 Å². The lowest BCUT2D eigenvalue weighted by Crippen LogP contribution is -2.65. The van der Waals surface area contributed by atoms with Gasteiger partial charge in [-0.2, -0.15) is 0 Å². The van der Waals surface area contributed by atoms with Crippen LogP contribution in [0.15, 0.2) is 23.1 Å². The minimum atomic E-state index is -3.43. The van der Waals surface area contributed by atoms with Gasteiger partial charge in [0.05, 0.1) is 18.0 Å². The van der Waals surface area contributed by atoms with Crippen molar-refractivity contribution >= 4 is 21.4 Å². The highest BCUT2D eigenvalue weighted by atomic mass is 32.2. The van der Waals surface area contributed by atoms with E-state index in [0.29, 0.717) is 0 Å². The second kappa shape index (κ2) is 4.99. The van der Waals surface area contributed by atoms with Crippen LogP contribution in [0.5, 0.6) is 0 Å². The Balaban J connectivity index is 2.24. The Morgan fingerprint density at radius 3 is 2.38 bits per heavy atom. The lowest BCUT2D eigenvalue weighted by Gasteiger charge is -2.49. The van der Waals surface area contributed by atoms with E-state index in [2.05, 4.69) is 0 Å². The Hall–Kier alpha value is -1.60. The molecule has 2 rings (SSSR count). The van der Waals surface area contributed by atoms with Crippen molar-refractivity contribution in [1.82, 2.24) is 4.90 Å². The molecule has 1 heterocycles. The summed E-state index contributed by atoms with van der Waals surface area (Å²) < 4.78 is 23.2. The number of carbonyl (C=O) groups excluding carboxylic acids is 1. The molecule has 0 bridgehead atoms. The van der Waals surface area contributed by atoms with E-state index in [1.807, 2.05) is 13.8 Å². The predicted octanol–water partition coefficient (Wildman–Crippen LogP) is 0.515. The van der Waals surface area contributed by atoms with E-state index < -0.39 is 15.4 Å². The van der Waals surface area contributed by atoms with Gasteiger partial charge in [0.1, 0.15) is 5.60 Å². The van der Waals surface area contributed by atoms with Gasteiger partial charge in [-0.15, -0.1) is 0 Å². The molecule has 0 unspecified atom stereocenters. The van der Waals surface area contributed by atoms with Crippen LogP contribution < -0.4 is 5.73 Å². The normalized spacial score (nSPS) is 17.7. The number of nitrogens with two attached hydrogens (primary N) is 1. The number of β-amino-alcohol motifs (C(OH)–C–C–N with tert-alkyl or cyclic N) is 1. The molecule has 0 radical (unpaired) electrons. The fraction of sp³-hybridized carbons (Fsp3) is 0.500. The molecule has 0 saturated carbocycles. The number of rotatable bonds is 3. The van der Waals surface area contributed by atoms with E-state index in [1.54, 1.807) is 0 Å². The summed E-state index contributed by atoms with van der Waals surface area (Å²) in [5.74, 6) is -0.272. The third-order valence-corrected chi connectivity index (χ3v) is 4.99. The zero-order chi connectivity index (χ0) is 16.0. The number of nitrogens with zero attached hydrogens (tertiary/aromatic N) is 1. The molecule has 3 N–H and O–H groups in total. The number of hydrogen-bond acceptors (Lipinski definition) is 5. The van der Waals surface area contributed by atoms with Crippen molar-refractivity contribution in [1.29, 1.82) is 0 Å². The number of anilines is 1. The van der Waals surface area contributed by atoms with Crippen molar-refractivity contribution in [3.05, 3.63) is 23.8 Å². The summed E-state index contributed by atoms with van der Waals surface area (Å²) in [6, 6.07) is 4.09. The van der Waals surface area contributed by atoms with E-state index in [1.165, 1.54) is 23.1 Å². The first-order chi connectivity index (χ1) is 9.53. The van der Waals surface area contributed by atoms with Gasteiger partial charge in [0.25, 0.3) is 5.91 Å². The average molecular weight is 312 g/mol. The van der Waals surface area contributed by atoms with Crippen LogP contribution in [0.2, 0.25) is 0 Å². The Morgan fingerprint density at radius 1 is 1.33 bits per heavy atom. The molecule has 1 aromatic rings. The van der Waals surface area contributed by atoms with Crippen LogP contribution in [0, 0.1) is 5.92 Å². The molecule has 0 spiro atoms. The molecule has 1 aromatic carbocycles. The third kappa shape index (κ3) is 3.03. The number of hydrogen-bond donors (Lipinski definition) is 2. The number of benzene rings is 1. The molecule has 116 valence electrons. The van der Waals surface area contributed by atoms with E-state index in [0.717, 1.165) is 6.26 Å². The third-order valence-electron chi connectivity index (χ3n) is 3.90. The molecule has 1 aliphatic heterocycles. The molecule has 1 saturated heterocycles. The van der Waals surface area contributed by atoms with Gasteiger partial charge in [-0.3, -0.25) is 4.79 Å². The maximum Gasteiger partial charge on any atom is 0.254 e. The summed E-state index contributed by atoms with van der Waals surface area (Å²) in [6.45, 7) is 4.27. The molecule has 21 heavy (non-hydrogen) atoms. The standard InChI is InChI=1S/C14H20N2O4S/c1-9(2)14(18)7-16(8-14)13(17)10-4-11(15)6-12(5-10)21(3,19)20/h4-6,9,18H,7-8,15H2,1-3H3. The van der Waals surface area contributed by atoms with Gasteiger partial charge in [0.2, 0.25) is 0 Å². The quantitative estimate of drug-likeness (QED) is 0.792. The van der Waals surface area contributed by atoms with Crippen LogP contribution in [-0.2, 0) is 9.84 Å². The Labute approximate surface area is 124 Å². The summed E-state index contributed by atoms with van der Waals surface area (Å²) in [7, 11) is -3.43. The fourth-order valence-electron chi connectivity index (χ4n) is 2.27. The topological polar surface area (TPSA) is 101 Å². The molecule has 1 aliphatic rings. The molecule has 0 aliphatic carbocycles. The fourth-order valence-corrected chi connectivity index (χ4v) is 2.96. The second-order valence-electron chi connectivity index (χ2n) is 5.98. The Bertz CT molecular complexity index is 676. The number of sulfone groups is 1. The van der Waals surface area contributed by atoms with Crippen molar-refractivity contribution in [2.75, 3.05) is 25.1 Å². The summed E-state index contributed by atoms with van der Waals surface area (Å²) in [4.78, 5) is 13.8. The number of carbonyl (C=O) groups is 1. The van der Waals surface area contributed by atoms with Crippen LogP contribution >= 0.6 is 0 Å². The number of aliphatic hydroxyl groups is 1. The summed E-state index contributed by atoms with van der Waals surface area (Å²) in [5.41, 5.74) is 5.25. The minimum Gasteiger partial charge on any atom is -0.399 e. The molecular weight excluding hydrogens is 292 g/mol. The molecule has 0 atom stereocenters. The molecule has 1 fully saturated rings. The maximum absolute atomic E-state index is 12.3. The molecule has 1 amide bonds. The predicted molar refractivity (Wildman–Crippen MR) is 79.7 cm³/mol. The number of nitrogen functional groups attached to an aromatic ring is 1. The SMILES string of the molecule is CC(C)C1(O)CN(C(=O)c2cc(N)cc(S(C)(=O)=O)c2)C1. The van der Waals surface area contributed by atoms with Crippen molar-refractivity contribution in [2.45, 2.75) is 24.3 Å². The molecule has 7 heteroatoms. The van der Waals surface area contributed by atoms with Crippen LogP contribution in [0.25, 0.3) is 0 Å². The first-order valence-corrected chi connectivity index (χ1v) is 8.54. The first-order valence-electron chi connectivity index (χ1n) is 6.65. The van der Waals surface area contributed by atoms with E-state index >= 15 is 0 Å². The average Bonchev–Trinajstić information content (AvgIpc) is 2.32. The highest BCUT2D eigenvalue weighted by Crippen LogP contribution is 2.30. The van der Waals surface area contributed by atoms with Gasteiger partial charge >= 0.3 is 0 Å². The van der Waals surface area contributed by atoms with Gasteiger partial charge in [-0.1, -0.05) is 13.8 Å². The van der Waals surface area contributed by atoms with Crippen molar-refractivity contribution in [3.8, 4) is 0 Å². The maximum atomic E-state index is 12.3. The van der Waals surface area contributed by atoms with Gasteiger partial charge in [-0.05, 0) is 24.1 Å². The lowest BCUT2D eigenvalue weighted by atomic mass is 9.82. The number of amides is 1. The van der Waals surface area contributed by atoms with Crippen LogP contribution in [0.4, 0.5) is 5.69 Å². The van der Waals surface area contributed by atoms with Gasteiger partial charge in [0, 0.05) is 17.5 Å². The molecule has 0 aromatic heterocycles. The first kappa shape index (κ1) is 15.8. The summed E-state index contributed by atoms with van der Waals surface area (Å²) in [5, 5.41) is 10.2. The van der Waals surface area contributed by atoms with Gasteiger partial charge in [-0.25, -0.2) is 8.42 Å². The highest BCUT2D eigenvalue weighted by Gasteiger charge is 2.46. The Kier molecular flexibility index (Phi) is 3.75. The molecule has 6 nitrogen and oxygen atoms in total. The summed E-state index contributed by atoms with van der Waals surface area (Å²) >= 11 is 0. The highest BCUT2D eigenvalue weighted by molar-refractivity contribution is 7.90. The van der Waals surface area contributed by atoms with Crippen LogP contribution in [-0.4, -0.2) is 49.3 Å². The smallest absolute Gasteiger partial charge is 0.254 e. The number of likely N-dealkylation sites (tertiary alicyclic amines) is 1. The van der Waals surface area contributed by atoms with Crippen molar-refractivity contribution < 1.29 is 18.3 Å². The monoisotopic (exact) mass is 312 g/mol. The van der Waals surface area contributed by atoms with Crippen LogP contribution in [0.3, 0.4) is 0 Å². The van der Waals surface area contributed by atoms with Crippen LogP contribution in [0.1, 0.15) is 24.2 Å². The van der Waals surface area contributed by atoms with E-state index in [-0.39, 0.29) is 41.1 Å². The largest absolute Gasteiger partial charge is 0.399 e. The summed E-state index contributed by atoms with van der Waals surface area (Å²) in [6.07, 6.45) is 1.07. The minimum absolute atomic E-state index is 0.0190. The van der Waals surface area contributed by atoms with Crippen molar-refractivity contribution in [3.63, 3.8) is 0 Å². The Morgan fingerprint density at radius 2 is 1.90 bits per heavy atom. The van der Waals surface area contributed by atoms with E-state index in [4.69, 9.17) is 5.73 Å². The van der Waals surface area contributed by atoms with Gasteiger partial charge < -0.3 is 15.7 Å². The zero-order valence-electron chi connectivity index (χ0n) is 12.3. The van der Waals surface area contributed by atoms with Gasteiger partial charge in [0.15, 0.2) is 9.84 Å².